The Morgan fingerprint density at radius 3 is 2.50 bits per heavy atom. The molecule has 2 aromatic rings. The van der Waals surface area contributed by atoms with Gasteiger partial charge in [-0.15, -0.1) is 0 Å². The van der Waals surface area contributed by atoms with Crippen LogP contribution in [0, 0.1) is 0 Å². The largest absolute Gasteiger partial charge is 0.293 e. The molecule has 2 unspecified atom stereocenters. The number of benzene rings is 2. The zero-order chi connectivity index (χ0) is 15.5. The van der Waals surface area contributed by atoms with Crippen molar-refractivity contribution in [3.05, 3.63) is 70.2 Å². The van der Waals surface area contributed by atoms with E-state index in [2.05, 4.69) is 50.6 Å². The van der Waals surface area contributed by atoms with Gasteiger partial charge >= 0.3 is 0 Å². The Balaban J connectivity index is 1.97. The average molecular weight is 360 g/mol. The van der Waals surface area contributed by atoms with Gasteiger partial charge in [-0.1, -0.05) is 58.4 Å². The van der Waals surface area contributed by atoms with E-state index in [4.69, 9.17) is 11.7 Å². The first kappa shape index (κ1) is 15.0. The summed E-state index contributed by atoms with van der Waals surface area (Å²) in [5, 5.41) is 1.60. The molecule has 3 rings (SSSR count). The number of nitrogens with zero attached hydrogens (tertiary/aromatic N) is 2. The number of aliphatic imine (C=N–C) groups is 1. The molecule has 6 heteroatoms. The predicted octanol–water partition coefficient (Wildman–Crippen LogP) is 2.63. The normalized spacial score (nSPS) is 21.4. The van der Waals surface area contributed by atoms with Crippen LogP contribution in [0.5, 0.6) is 0 Å². The van der Waals surface area contributed by atoms with E-state index in [0.29, 0.717) is 5.96 Å². The van der Waals surface area contributed by atoms with Crippen molar-refractivity contribution < 1.29 is 0 Å². The van der Waals surface area contributed by atoms with Gasteiger partial charge in [0.25, 0.3) is 0 Å². The van der Waals surface area contributed by atoms with Crippen molar-refractivity contribution >= 4 is 21.9 Å². The molecule has 0 aliphatic carbocycles. The van der Waals surface area contributed by atoms with Crippen molar-refractivity contribution in [3.63, 3.8) is 0 Å². The molecule has 22 heavy (non-hydrogen) atoms. The first-order chi connectivity index (χ1) is 10.7. The van der Waals surface area contributed by atoms with Gasteiger partial charge in [0.2, 0.25) is 5.96 Å². The van der Waals surface area contributed by atoms with Gasteiger partial charge in [0.05, 0.1) is 12.1 Å². The number of hydrogen-bond acceptors (Lipinski definition) is 5. The minimum atomic E-state index is 0.00792. The third-order valence-electron chi connectivity index (χ3n) is 3.85. The highest BCUT2D eigenvalue weighted by Crippen LogP contribution is 2.36. The summed E-state index contributed by atoms with van der Waals surface area (Å²) in [7, 11) is 0. The van der Waals surface area contributed by atoms with Gasteiger partial charge in [-0.05, 0) is 23.3 Å². The third-order valence-corrected chi connectivity index (χ3v) is 4.35. The number of nitrogens with one attached hydrogen (secondary N) is 1. The lowest BCUT2D eigenvalue weighted by Crippen LogP contribution is -2.52. The van der Waals surface area contributed by atoms with E-state index >= 15 is 0 Å². The maximum atomic E-state index is 6.19. The average Bonchev–Trinajstić information content (AvgIpc) is 2.56. The molecule has 0 aromatic heterocycles. The number of guanidine groups is 1. The molecule has 1 aliphatic heterocycles. The monoisotopic (exact) mass is 359 g/mol. The highest BCUT2D eigenvalue weighted by Gasteiger charge is 2.30. The standard InChI is InChI=1S/C16H18BrN5/c17-13-8-4-7-12(9-13)14-10-15(11-5-2-1-3-6-11)22(19)16(20-14)21-18/h1-9,14-15H,10,18-19H2,(H,20,21). The fourth-order valence-corrected chi connectivity index (χ4v) is 3.16. The molecule has 0 saturated carbocycles. The van der Waals surface area contributed by atoms with Crippen LogP contribution in [0.25, 0.3) is 0 Å². The number of halogens is 1. The Labute approximate surface area is 138 Å². The number of rotatable bonds is 2. The Morgan fingerprint density at radius 1 is 1.09 bits per heavy atom. The van der Waals surface area contributed by atoms with Crippen molar-refractivity contribution in [1.29, 1.82) is 0 Å². The molecular formula is C16H18BrN5. The number of hydrogen-bond donors (Lipinski definition) is 3. The van der Waals surface area contributed by atoms with E-state index in [1.807, 2.05) is 30.3 Å². The first-order valence-corrected chi connectivity index (χ1v) is 7.87. The lowest BCUT2D eigenvalue weighted by molar-refractivity contribution is 0.260. The molecule has 0 saturated heterocycles. The van der Waals surface area contributed by atoms with Gasteiger partial charge in [0.15, 0.2) is 0 Å². The zero-order valence-electron chi connectivity index (χ0n) is 12.0. The van der Waals surface area contributed by atoms with Gasteiger partial charge in [-0.25, -0.2) is 16.7 Å². The molecule has 2 aromatic carbocycles. The molecule has 114 valence electrons. The molecule has 0 amide bonds. The Bertz CT molecular complexity index is 673. The van der Waals surface area contributed by atoms with E-state index in [1.165, 1.54) is 0 Å². The Hall–Kier alpha value is -1.89. The van der Waals surface area contributed by atoms with Crippen molar-refractivity contribution in [2.24, 2.45) is 16.7 Å². The summed E-state index contributed by atoms with van der Waals surface area (Å²) in [6, 6.07) is 18.4. The fraction of sp³-hybridized carbons (Fsp3) is 0.188. The zero-order valence-corrected chi connectivity index (χ0v) is 13.6. The predicted molar refractivity (Wildman–Crippen MR) is 91.5 cm³/mol. The fourth-order valence-electron chi connectivity index (χ4n) is 2.75. The van der Waals surface area contributed by atoms with E-state index in [-0.39, 0.29) is 12.1 Å². The maximum absolute atomic E-state index is 6.19. The van der Waals surface area contributed by atoms with Crippen molar-refractivity contribution in [1.82, 2.24) is 10.4 Å². The van der Waals surface area contributed by atoms with Crippen LogP contribution in [0.4, 0.5) is 0 Å². The second-order valence-electron chi connectivity index (χ2n) is 5.24. The topological polar surface area (TPSA) is 79.7 Å². The van der Waals surface area contributed by atoms with Gasteiger partial charge < -0.3 is 0 Å². The number of nitrogens with two attached hydrogens (primary N) is 2. The van der Waals surface area contributed by atoms with Crippen molar-refractivity contribution in [2.75, 3.05) is 0 Å². The smallest absolute Gasteiger partial charge is 0.224 e. The summed E-state index contributed by atoms with van der Waals surface area (Å²) in [5.41, 5.74) is 4.89. The van der Waals surface area contributed by atoms with Crippen LogP contribution >= 0.6 is 15.9 Å². The molecule has 0 fully saturated rings. The highest BCUT2D eigenvalue weighted by molar-refractivity contribution is 9.10. The lowest BCUT2D eigenvalue weighted by Gasteiger charge is -2.36. The van der Waals surface area contributed by atoms with Crippen LogP contribution in [0.3, 0.4) is 0 Å². The van der Waals surface area contributed by atoms with E-state index < -0.39 is 0 Å². The summed E-state index contributed by atoms with van der Waals surface area (Å²) in [6.45, 7) is 0. The summed E-state index contributed by atoms with van der Waals surface area (Å²) in [4.78, 5) is 4.63. The molecule has 5 N–H and O–H groups in total. The van der Waals surface area contributed by atoms with E-state index in [1.54, 1.807) is 5.01 Å². The molecule has 1 aliphatic rings. The van der Waals surface area contributed by atoms with Gasteiger partial charge in [-0.2, -0.15) is 0 Å². The van der Waals surface area contributed by atoms with Gasteiger partial charge in [-0.3, -0.25) is 10.4 Å². The van der Waals surface area contributed by atoms with Crippen molar-refractivity contribution in [2.45, 2.75) is 18.5 Å². The molecule has 0 bridgehead atoms. The summed E-state index contributed by atoms with van der Waals surface area (Å²) >= 11 is 3.51. The third kappa shape index (κ3) is 2.99. The minimum absolute atomic E-state index is 0.00792. The van der Waals surface area contributed by atoms with Crippen LogP contribution in [0.15, 0.2) is 64.1 Å². The SMILES string of the molecule is NNC1=NC(c2cccc(Br)c2)CC(c2ccccc2)N1N. The van der Waals surface area contributed by atoms with E-state index in [9.17, 15) is 0 Å². The highest BCUT2D eigenvalue weighted by atomic mass is 79.9. The van der Waals surface area contributed by atoms with Crippen LogP contribution in [0.1, 0.15) is 29.6 Å². The second-order valence-corrected chi connectivity index (χ2v) is 6.15. The van der Waals surface area contributed by atoms with Crippen LogP contribution < -0.4 is 17.1 Å². The summed E-state index contributed by atoms with van der Waals surface area (Å²) < 4.78 is 1.04. The lowest BCUT2D eigenvalue weighted by atomic mass is 9.93. The van der Waals surface area contributed by atoms with Crippen LogP contribution in [0.2, 0.25) is 0 Å². The van der Waals surface area contributed by atoms with Crippen LogP contribution in [-0.2, 0) is 0 Å². The van der Waals surface area contributed by atoms with Gasteiger partial charge in [0, 0.05) is 10.9 Å². The maximum Gasteiger partial charge on any atom is 0.224 e. The minimum Gasteiger partial charge on any atom is -0.293 e. The van der Waals surface area contributed by atoms with E-state index in [0.717, 1.165) is 22.0 Å². The molecular weight excluding hydrogens is 342 g/mol. The molecule has 2 atom stereocenters. The molecule has 5 nitrogen and oxygen atoms in total. The van der Waals surface area contributed by atoms with Crippen LogP contribution in [-0.4, -0.2) is 11.0 Å². The van der Waals surface area contributed by atoms with Gasteiger partial charge in [0.1, 0.15) is 0 Å². The van der Waals surface area contributed by atoms with Crippen molar-refractivity contribution in [3.8, 4) is 0 Å². The Kier molecular flexibility index (Phi) is 4.42. The Morgan fingerprint density at radius 2 is 1.82 bits per heavy atom. The number of hydrazine groups is 2. The second kappa shape index (κ2) is 6.48. The molecule has 0 spiro atoms. The molecule has 0 radical (unpaired) electrons. The summed E-state index contributed by atoms with van der Waals surface area (Å²) in [6.07, 6.45) is 0.794. The summed E-state index contributed by atoms with van der Waals surface area (Å²) in [5.74, 6) is 12.3. The quantitative estimate of drug-likeness (QED) is 0.568. The first-order valence-electron chi connectivity index (χ1n) is 7.08. The molecule has 1 heterocycles.